The van der Waals surface area contributed by atoms with E-state index in [2.05, 4.69) is 6.92 Å². The number of quaternary nitrogens is 1. The quantitative estimate of drug-likeness (QED) is 0.514. The summed E-state index contributed by atoms with van der Waals surface area (Å²) < 4.78 is 30.1. The van der Waals surface area contributed by atoms with E-state index in [9.17, 15) is 8.42 Å². The van der Waals surface area contributed by atoms with Crippen molar-refractivity contribution in [2.24, 2.45) is 0 Å². The van der Waals surface area contributed by atoms with E-state index >= 15 is 0 Å². The van der Waals surface area contributed by atoms with Gasteiger partial charge >= 0.3 is 0 Å². The first kappa shape index (κ1) is 12.9. The second kappa shape index (κ2) is 4.93. The van der Waals surface area contributed by atoms with E-state index in [-0.39, 0.29) is 5.75 Å². The zero-order valence-corrected chi connectivity index (χ0v) is 9.18. The monoisotopic (exact) mass is 209 g/mol. The average Bonchev–Trinajstić information content (AvgIpc) is 1.82. The van der Waals surface area contributed by atoms with Gasteiger partial charge in [-0.25, -0.2) is 0 Å². The fourth-order valence-corrected chi connectivity index (χ4v) is 1.71. The SMILES string of the molecule is [CH2]CC[N+](C)(C)CCCS(=O)(=O)O. The molecule has 0 aliphatic rings. The van der Waals surface area contributed by atoms with E-state index in [1.165, 1.54) is 0 Å². The summed E-state index contributed by atoms with van der Waals surface area (Å²) in [4.78, 5) is 0. The van der Waals surface area contributed by atoms with Crippen molar-refractivity contribution in [2.75, 3.05) is 32.9 Å². The van der Waals surface area contributed by atoms with E-state index < -0.39 is 10.1 Å². The van der Waals surface area contributed by atoms with Crippen molar-refractivity contribution in [2.45, 2.75) is 12.8 Å². The Morgan fingerprint density at radius 2 is 1.85 bits per heavy atom. The Kier molecular flexibility index (Phi) is 4.88. The average molecular weight is 209 g/mol. The molecule has 0 unspecified atom stereocenters. The van der Waals surface area contributed by atoms with Gasteiger partial charge in [0.15, 0.2) is 0 Å². The summed E-state index contributed by atoms with van der Waals surface area (Å²) in [6, 6.07) is 0. The Morgan fingerprint density at radius 1 is 1.31 bits per heavy atom. The normalized spacial score (nSPS) is 13.2. The van der Waals surface area contributed by atoms with Gasteiger partial charge in [0.1, 0.15) is 0 Å². The predicted molar refractivity (Wildman–Crippen MR) is 52.8 cm³/mol. The van der Waals surface area contributed by atoms with Crippen LogP contribution in [0, 0.1) is 6.92 Å². The standard InChI is InChI=1S/C8H18NO3S/c1-4-6-9(2,3)7-5-8-13(10,11)12/h1,4-8H2,2-3H3/p+1. The molecule has 0 rings (SSSR count). The van der Waals surface area contributed by atoms with Crippen LogP contribution in [0.25, 0.3) is 0 Å². The van der Waals surface area contributed by atoms with Crippen molar-refractivity contribution in [1.29, 1.82) is 0 Å². The molecular formula is C8H19NO3S+. The molecule has 5 heteroatoms. The highest BCUT2D eigenvalue weighted by molar-refractivity contribution is 7.85. The summed E-state index contributed by atoms with van der Waals surface area (Å²) in [6.07, 6.45) is 1.32. The van der Waals surface area contributed by atoms with Gasteiger partial charge < -0.3 is 4.48 Å². The molecule has 0 aromatic carbocycles. The van der Waals surface area contributed by atoms with Crippen molar-refractivity contribution < 1.29 is 17.5 Å². The van der Waals surface area contributed by atoms with Crippen LogP contribution in [0.3, 0.4) is 0 Å². The van der Waals surface area contributed by atoms with Crippen LogP contribution in [0.5, 0.6) is 0 Å². The van der Waals surface area contributed by atoms with Crippen LogP contribution in [-0.2, 0) is 10.1 Å². The minimum atomic E-state index is -3.79. The molecule has 0 fully saturated rings. The highest BCUT2D eigenvalue weighted by Crippen LogP contribution is 2.01. The van der Waals surface area contributed by atoms with Crippen molar-refractivity contribution in [3.05, 3.63) is 6.92 Å². The molecule has 0 saturated heterocycles. The van der Waals surface area contributed by atoms with Crippen molar-refractivity contribution in [3.8, 4) is 0 Å². The molecule has 0 amide bonds. The molecule has 1 radical (unpaired) electrons. The van der Waals surface area contributed by atoms with Gasteiger partial charge in [0, 0.05) is 6.42 Å². The Labute approximate surface area is 80.9 Å². The number of rotatable bonds is 6. The lowest BCUT2D eigenvalue weighted by Gasteiger charge is -2.29. The topological polar surface area (TPSA) is 54.4 Å². The summed E-state index contributed by atoms with van der Waals surface area (Å²) in [5, 5.41) is 0. The first-order chi connectivity index (χ1) is 5.77. The lowest BCUT2D eigenvalue weighted by atomic mass is 10.3. The molecule has 0 atom stereocenters. The maximum absolute atomic E-state index is 10.4. The van der Waals surface area contributed by atoms with Crippen LogP contribution in [0.2, 0.25) is 0 Å². The summed E-state index contributed by atoms with van der Waals surface area (Å²) in [5.74, 6) is -0.147. The van der Waals surface area contributed by atoms with Gasteiger partial charge in [-0.1, -0.05) is 0 Å². The van der Waals surface area contributed by atoms with E-state index in [0.29, 0.717) is 6.42 Å². The maximum Gasteiger partial charge on any atom is 0.265 e. The molecule has 4 nitrogen and oxygen atoms in total. The fourth-order valence-electron chi connectivity index (χ4n) is 1.21. The minimum Gasteiger partial charge on any atom is -0.328 e. The highest BCUT2D eigenvalue weighted by atomic mass is 32.2. The highest BCUT2D eigenvalue weighted by Gasteiger charge is 2.14. The molecule has 0 bridgehead atoms. The van der Waals surface area contributed by atoms with E-state index in [4.69, 9.17) is 4.55 Å². The van der Waals surface area contributed by atoms with Gasteiger partial charge in [-0.05, 0) is 13.3 Å². The van der Waals surface area contributed by atoms with Gasteiger partial charge in [-0.3, -0.25) is 4.55 Å². The Bertz CT molecular complexity index is 234. The number of hydrogen-bond acceptors (Lipinski definition) is 2. The zero-order chi connectivity index (χ0) is 10.5. The largest absolute Gasteiger partial charge is 0.328 e. The van der Waals surface area contributed by atoms with Crippen molar-refractivity contribution >= 4 is 10.1 Å². The van der Waals surface area contributed by atoms with Gasteiger partial charge in [-0.2, -0.15) is 8.42 Å². The van der Waals surface area contributed by atoms with Crippen LogP contribution in [0.1, 0.15) is 12.8 Å². The minimum absolute atomic E-state index is 0.147. The third-order valence-corrected chi connectivity index (χ3v) is 2.73. The van der Waals surface area contributed by atoms with E-state index in [1.807, 2.05) is 14.1 Å². The first-order valence-electron chi connectivity index (χ1n) is 4.33. The van der Waals surface area contributed by atoms with Gasteiger partial charge in [-0.15, -0.1) is 0 Å². The van der Waals surface area contributed by atoms with Crippen molar-refractivity contribution in [3.63, 3.8) is 0 Å². The number of nitrogens with zero attached hydrogens (tertiary/aromatic N) is 1. The molecule has 0 aliphatic heterocycles. The second-order valence-electron chi connectivity index (χ2n) is 3.88. The van der Waals surface area contributed by atoms with Crippen LogP contribution in [-0.4, -0.2) is 50.4 Å². The van der Waals surface area contributed by atoms with Gasteiger partial charge in [0.05, 0.1) is 32.9 Å². The molecule has 0 aromatic rings. The second-order valence-corrected chi connectivity index (χ2v) is 5.45. The van der Waals surface area contributed by atoms with Crippen LogP contribution in [0.15, 0.2) is 0 Å². The fraction of sp³-hybridized carbons (Fsp3) is 0.875. The predicted octanol–water partition coefficient (Wildman–Crippen LogP) is 0.565. The molecule has 0 spiro atoms. The van der Waals surface area contributed by atoms with Crippen molar-refractivity contribution in [1.82, 2.24) is 0 Å². The smallest absolute Gasteiger partial charge is 0.265 e. The Balaban J connectivity index is 3.76. The van der Waals surface area contributed by atoms with Crippen LogP contribution >= 0.6 is 0 Å². The first-order valence-corrected chi connectivity index (χ1v) is 5.94. The summed E-state index contributed by atoms with van der Waals surface area (Å²) in [5.41, 5.74) is 0. The molecule has 1 N–H and O–H groups in total. The van der Waals surface area contributed by atoms with Crippen LogP contribution < -0.4 is 0 Å². The lowest BCUT2D eigenvalue weighted by molar-refractivity contribution is -0.889. The molecule has 0 heterocycles. The Morgan fingerprint density at radius 3 is 2.23 bits per heavy atom. The molecular weight excluding hydrogens is 190 g/mol. The number of hydrogen-bond donors (Lipinski definition) is 1. The maximum atomic E-state index is 10.4. The molecule has 0 aliphatic carbocycles. The molecule has 79 valence electrons. The van der Waals surface area contributed by atoms with Crippen LogP contribution in [0.4, 0.5) is 0 Å². The van der Waals surface area contributed by atoms with Gasteiger partial charge in [0.2, 0.25) is 0 Å². The summed E-state index contributed by atoms with van der Waals surface area (Å²) >= 11 is 0. The third-order valence-electron chi connectivity index (χ3n) is 1.93. The summed E-state index contributed by atoms with van der Waals surface area (Å²) in [7, 11) is 0.259. The molecule has 0 aromatic heterocycles. The third kappa shape index (κ3) is 8.21. The molecule has 13 heavy (non-hydrogen) atoms. The Hall–Kier alpha value is -0.130. The van der Waals surface area contributed by atoms with E-state index in [1.54, 1.807) is 0 Å². The van der Waals surface area contributed by atoms with Gasteiger partial charge in [0.25, 0.3) is 10.1 Å². The van der Waals surface area contributed by atoms with E-state index in [0.717, 1.165) is 24.0 Å². The lowest BCUT2D eigenvalue weighted by Crippen LogP contribution is -2.41. The summed E-state index contributed by atoms with van der Waals surface area (Å²) in [6.45, 7) is 5.41. The molecule has 0 saturated carbocycles. The zero-order valence-electron chi connectivity index (χ0n) is 8.36.